The minimum absolute atomic E-state index is 0.0908. The molecule has 1 aliphatic carbocycles. The van der Waals surface area contributed by atoms with Gasteiger partial charge >= 0.3 is 0 Å². The highest BCUT2D eigenvalue weighted by Crippen LogP contribution is 2.29. The van der Waals surface area contributed by atoms with E-state index in [9.17, 15) is 0 Å². The van der Waals surface area contributed by atoms with Gasteiger partial charge in [-0.2, -0.15) is 0 Å². The SMILES string of the molecule is COCCN(CC(N)c1c(C)cc(C)cc1C)C1CC1. The van der Waals surface area contributed by atoms with Crippen LogP contribution in [0.25, 0.3) is 0 Å². The van der Waals surface area contributed by atoms with Crippen LogP contribution < -0.4 is 5.73 Å². The van der Waals surface area contributed by atoms with Gasteiger partial charge in [0.2, 0.25) is 0 Å². The molecule has 2 rings (SSSR count). The normalized spacial score (nSPS) is 16.7. The van der Waals surface area contributed by atoms with Gasteiger partial charge in [-0.1, -0.05) is 17.7 Å². The topological polar surface area (TPSA) is 38.5 Å². The summed E-state index contributed by atoms with van der Waals surface area (Å²) >= 11 is 0. The molecule has 1 aromatic carbocycles. The summed E-state index contributed by atoms with van der Waals surface area (Å²) in [5.74, 6) is 0. The van der Waals surface area contributed by atoms with E-state index < -0.39 is 0 Å². The van der Waals surface area contributed by atoms with Gasteiger partial charge in [0.1, 0.15) is 0 Å². The van der Waals surface area contributed by atoms with E-state index >= 15 is 0 Å². The molecule has 0 spiro atoms. The van der Waals surface area contributed by atoms with Crippen LogP contribution in [0.4, 0.5) is 0 Å². The maximum Gasteiger partial charge on any atom is 0.0589 e. The summed E-state index contributed by atoms with van der Waals surface area (Å²) in [4.78, 5) is 2.49. The molecule has 3 heteroatoms. The van der Waals surface area contributed by atoms with Crippen LogP contribution in [0.1, 0.15) is 41.1 Å². The molecular formula is C17H28N2O. The lowest BCUT2D eigenvalue weighted by molar-refractivity contribution is 0.139. The van der Waals surface area contributed by atoms with E-state index in [1.807, 2.05) is 0 Å². The second-order valence-corrected chi connectivity index (χ2v) is 6.14. The van der Waals surface area contributed by atoms with Crippen molar-refractivity contribution in [2.75, 3.05) is 26.8 Å². The standard InChI is InChI=1S/C17H28N2O/c1-12-9-13(2)17(14(3)10-12)16(18)11-19(7-8-20-4)15-5-6-15/h9-10,15-16H,5-8,11,18H2,1-4H3. The Morgan fingerprint density at radius 1 is 1.25 bits per heavy atom. The average molecular weight is 276 g/mol. The first-order valence-corrected chi connectivity index (χ1v) is 7.59. The van der Waals surface area contributed by atoms with Crippen molar-refractivity contribution in [1.82, 2.24) is 4.90 Å². The number of benzene rings is 1. The van der Waals surface area contributed by atoms with Crippen LogP contribution in [0.2, 0.25) is 0 Å². The second-order valence-electron chi connectivity index (χ2n) is 6.14. The molecule has 0 heterocycles. The number of nitrogens with two attached hydrogens (primary N) is 1. The molecule has 112 valence electrons. The molecule has 1 saturated carbocycles. The van der Waals surface area contributed by atoms with Crippen molar-refractivity contribution in [2.24, 2.45) is 5.73 Å². The molecule has 1 atom stereocenters. The Hall–Kier alpha value is -0.900. The average Bonchev–Trinajstić information content (AvgIpc) is 3.17. The Labute approximate surface area is 123 Å². The van der Waals surface area contributed by atoms with Gasteiger partial charge in [-0.3, -0.25) is 4.90 Å². The second kappa shape index (κ2) is 6.70. The first-order chi connectivity index (χ1) is 9.52. The maximum atomic E-state index is 6.50. The first-order valence-electron chi connectivity index (χ1n) is 7.59. The highest BCUT2D eigenvalue weighted by atomic mass is 16.5. The Kier molecular flexibility index (Phi) is 5.19. The molecule has 0 bridgehead atoms. The lowest BCUT2D eigenvalue weighted by atomic mass is 9.94. The number of nitrogens with zero attached hydrogens (tertiary/aromatic N) is 1. The van der Waals surface area contributed by atoms with Gasteiger partial charge in [0.15, 0.2) is 0 Å². The van der Waals surface area contributed by atoms with E-state index in [2.05, 4.69) is 37.8 Å². The molecule has 0 amide bonds. The fourth-order valence-corrected chi connectivity index (χ4v) is 3.19. The summed E-state index contributed by atoms with van der Waals surface area (Å²) in [6.07, 6.45) is 2.62. The Bertz CT molecular complexity index is 431. The van der Waals surface area contributed by atoms with E-state index in [-0.39, 0.29) is 6.04 Å². The zero-order valence-corrected chi connectivity index (χ0v) is 13.3. The molecule has 2 N–H and O–H groups in total. The van der Waals surface area contributed by atoms with E-state index in [0.717, 1.165) is 25.7 Å². The van der Waals surface area contributed by atoms with Crippen molar-refractivity contribution < 1.29 is 4.74 Å². The lowest BCUT2D eigenvalue weighted by Crippen LogP contribution is -2.36. The predicted octanol–water partition coefficient (Wildman–Crippen LogP) is 2.72. The summed E-state index contributed by atoms with van der Waals surface area (Å²) < 4.78 is 5.22. The Morgan fingerprint density at radius 2 is 1.85 bits per heavy atom. The number of ether oxygens (including phenoxy) is 1. The van der Waals surface area contributed by atoms with E-state index in [1.54, 1.807) is 7.11 Å². The van der Waals surface area contributed by atoms with Gasteiger partial charge in [0.25, 0.3) is 0 Å². The Balaban J connectivity index is 2.08. The molecule has 3 nitrogen and oxygen atoms in total. The smallest absolute Gasteiger partial charge is 0.0589 e. The number of aryl methyl sites for hydroxylation is 3. The van der Waals surface area contributed by atoms with Gasteiger partial charge < -0.3 is 10.5 Å². The predicted molar refractivity (Wildman–Crippen MR) is 84.1 cm³/mol. The highest BCUT2D eigenvalue weighted by molar-refractivity contribution is 5.39. The molecule has 1 unspecified atom stereocenters. The van der Waals surface area contributed by atoms with Gasteiger partial charge in [-0.15, -0.1) is 0 Å². The zero-order chi connectivity index (χ0) is 14.7. The molecule has 0 aromatic heterocycles. The summed E-state index contributed by atoms with van der Waals surface area (Å²) in [5.41, 5.74) is 11.8. The van der Waals surface area contributed by atoms with Gasteiger partial charge in [0.05, 0.1) is 6.61 Å². The molecule has 20 heavy (non-hydrogen) atoms. The molecule has 1 aliphatic rings. The minimum atomic E-state index is 0.0908. The summed E-state index contributed by atoms with van der Waals surface area (Å²) in [5, 5.41) is 0. The zero-order valence-electron chi connectivity index (χ0n) is 13.3. The number of methoxy groups -OCH3 is 1. The molecule has 0 saturated heterocycles. The van der Waals surface area contributed by atoms with Crippen molar-refractivity contribution in [3.05, 3.63) is 34.4 Å². The van der Waals surface area contributed by atoms with E-state index in [1.165, 1.54) is 35.1 Å². The Morgan fingerprint density at radius 3 is 2.35 bits per heavy atom. The molecular weight excluding hydrogens is 248 g/mol. The van der Waals surface area contributed by atoms with Crippen molar-refractivity contribution in [1.29, 1.82) is 0 Å². The third-order valence-corrected chi connectivity index (χ3v) is 4.19. The number of hydrogen-bond acceptors (Lipinski definition) is 3. The number of rotatable bonds is 7. The first kappa shape index (κ1) is 15.5. The van der Waals surface area contributed by atoms with E-state index in [0.29, 0.717) is 0 Å². The van der Waals surface area contributed by atoms with Crippen LogP contribution in [-0.2, 0) is 4.74 Å². The van der Waals surface area contributed by atoms with Crippen molar-refractivity contribution in [3.63, 3.8) is 0 Å². The van der Waals surface area contributed by atoms with Crippen LogP contribution in [0.15, 0.2) is 12.1 Å². The lowest BCUT2D eigenvalue weighted by Gasteiger charge is -2.27. The summed E-state index contributed by atoms with van der Waals surface area (Å²) in [6, 6.07) is 5.28. The van der Waals surface area contributed by atoms with E-state index in [4.69, 9.17) is 10.5 Å². The van der Waals surface area contributed by atoms with Gasteiger partial charge in [-0.25, -0.2) is 0 Å². The third kappa shape index (κ3) is 3.81. The van der Waals surface area contributed by atoms with Crippen molar-refractivity contribution in [3.8, 4) is 0 Å². The van der Waals surface area contributed by atoms with Crippen LogP contribution in [0, 0.1) is 20.8 Å². The van der Waals surface area contributed by atoms with Crippen LogP contribution in [-0.4, -0.2) is 37.7 Å². The highest BCUT2D eigenvalue weighted by Gasteiger charge is 2.30. The fourth-order valence-electron chi connectivity index (χ4n) is 3.19. The van der Waals surface area contributed by atoms with Crippen molar-refractivity contribution >= 4 is 0 Å². The minimum Gasteiger partial charge on any atom is -0.383 e. The summed E-state index contributed by atoms with van der Waals surface area (Å²) in [7, 11) is 1.76. The number of hydrogen-bond donors (Lipinski definition) is 1. The maximum absolute atomic E-state index is 6.50. The van der Waals surface area contributed by atoms with Crippen LogP contribution in [0.5, 0.6) is 0 Å². The van der Waals surface area contributed by atoms with Gasteiger partial charge in [0, 0.05) is 32.3 Å². The van der Waals surface area contributed by atoms with Crippen LogP contribution in [0.3, 0.4) is 0 Å². The quantitative estimate of drug-likeness (QED) is 0.832. The third-order valence-electron chi connectivity index (χ3n) is 4.19. The fraction of sp³-hybridized carbons (Fsp3) is 0.647. The van der Waals surface area contributed by atoms with Gasteiger partial charge in [-0.05, 0) is 50.3 Å². The molecule has 1 aromatic rings. The molecule has 1 fully saturated rings. The molecule has 0 aliphatic heterocycles. The van der Waals surface area contributed by atoms with Crippen LogP contribution >= 0.6 is 0 Å². The monoisotopic (exact) mass is 276 g/mol. The largest absolute Gasteiger partial charge is 0.383 e. The molecule has 0 radical (unpaired) electrons. The van der Waals surface area contributed by atoms with Crippen molar-refractivity contribution in [2.45, 2.75) is 45.7 Å². The summed E-state index contributed by atoms with van der Waals surface area (Å²) in [6.45, 7) is 9.19.